The number of carbonyl (C=O) groups excluding carboxylic acids is 2. The van der Waals surface area contributed by atoms with E-state index in [1.807, 2.05) is 17.6 Å². The number of ether oxygens (including phenoxy) is 1. The van der Waals surface area contributed by atoms with Gasteiger partial charge < -0.3 is 13.9 Å². The van der Waals surface area contributed by atoms with Gasteiger partial charge in [0.2, 0.25) is 5.78 Å². The molecule has 0 radical (unpaired) electrons. The highest BCUT2D eigenvalue weighted by molar-refractivity contribution is 7.91. The molecule has 0 aliphatic carbocycles. The van der Waals surface area contributed by atoms with Gasteiger partial charge in [0, 0.05) is 17.8 Å². The maximum absolute atomic E-state index is 12.9. The van der Waals surface area contributed by atoms with Crippen LogP contribution in [0, 0.1) is 0 Å². The molecule has 1 aliphatic rings. The van der Waals surface area contributed by atoms with Crippen molar-refractivity contribution >= 4 is 22.9 Å². The van der Waals surface area contributed by atoms with Crippen LogP contribution in [-0.4, -0.2) is 33.7 Å². The van der Waals surface area contributed by atoms with Gasteiger partial charge in [-0.1, -0.05) is 0 Å². The zero-order chi connectivity index (χ0) is 18.0. The molecule has 2 atom stereocenters. The topological polar surface area (TPSA) is 71.4 Å². The van der Waals surface area contributed by atoms with Crippen molar-refractivity contribution < 1.29 is 18.9 Å². The van der Waals surface area contributed by atoms with Crippen molar-refractivity contribution in [3.63, 3.8) is 0 Å². The average molecular weight is 359 g/mol. The molecule has 0 bridgehead atoms. The molecule has 132 valence electrons. The van der Waals surface area contributed by atoms with Crippen molar-refractivity contribution in [1.29, 1.82) is 0 Å². The maximum atomic E-state index is 12.9. The number of hydrogen-bond acceptors (Lipinski definition) is 4. The summed E-state index contributed by atoms with van der Waals surface area (Å²) in [6.45, 7) is 2.58. The molecule has 1 aromatic heterocycles. The van der Waals surface area contributed by atoms with Gasteiger partial charge in [0.15, 0.2) is 4.90 Å². The second-order valence-corrected chi connectivity index (χ2v) is 7.74. The lowest BCUT2D eigenvalue weighted by Gasteiger charge is -2.24. The monoisotopic (exact) mass is 359 g/mol. The normalized spacial score (nSPS) is 17.6. The van der Waals surface area contributed by atoms with Gasteiger partial charge in [-0.3, -0.25) is 9.59 Å². The quantitative estimate of drug-likeness (QED) is 0.467. The maximum Gasteiger partial charge on any atom is 0.314 e. The van der Waals surface area contributed by atoms with Gasteiger partial charge in [-0.05, 0) is 67.3 Å². The molecule has 0 fully saturated rings. The highest BCUT2D eigenvalue weighted by Gasteiger charge is 2.30. The van der Waals surface area contributed by atoms with E-state index in [-0.39, 0.29) is 17.7 Å². The number of rotatable bonds is 5. The van der Waals surface area contributed by atoms with Crippen LogP contribution in [0.1, 0.15) is 47.4 Å². The largest absolute Gasteiger partial charge is 0.611 e. The Morgan fingerprint density at radius 3 is 2.60 bits per heavy atom. The van der Waals surface area contributed by atoms with Crippen LogP contribution in [0.15, 0.2) is 41.3 Å². The predicted molar refractivity (Wildman–Crippen MR) is 95.2 cm³/mol. The van der Waals surface area contributed by atoms with E-state index in [4.69, 9.17) is 4.74 Å². The first-order valence-corrected chi connectivity index (χ1v) is 9.69. The minimum Gasteiger partial charge on any atom is -0.611 e. The van der Waals surface area contributed by atoms with Gasteiger partial charge >= 0.3 is 5.97 Å². The molecule has 0 saturated carbocycles. The van der Waals surface area contributed by atoms with Gasteiger partial charge in [-0.2, -0.15) is 0 Å². The molecule has 1 aromatic carbocycles. The Kier molecular flexibility index (Phi) is 5.30. The standard InChI is InChI=1S/C19H21NO4S/c1-3-25(23)14-8-6-13(7-9-14)18(21)17-11-10-16-15(19(22)24-2)5-4-12-20(16)17/h6-11,15H,3-5,12H2,1-2H3. The Morgan fingerprint density at radius 2 is 1.96 bits per heavy atom. The molecular weight excluding hydrogens is 338 g/mol. The lowest BCUT2D eigenvalue weighted by molar-refractivity contribution is -0.143. The Balaban J connectivity index is 1.89. The molecule has 3 rings (SSSR count). The second-order valence-electron chi connectivity index (χ2n) is 6.00. The van der Waals surface area contributed by atoms with Gasteiger partial charge in [0.05, 0.1) is 18.7 Å². The van der Waals surface area contributed by atoms with E-state index >= 15 is 0 Å². The zero-order valence-electron chi connectivity index (χ0n) is 14.4. The molecular formula is C19H21NO4S. The number of benzene rings is 1. The summed E-state index contributed by atoms with van der Waals surface area (Å²) in [4.78, 5) is 25.5. The highest BCUT2D eigenvalue weighted by Crippen LogP contribution is 2.31. The number of hydrogen-bond donors (Lipinski definition) is 0. The van der Waals surface area contributed by atoms with E-state index in [0.29, 0.717) is 17.0 Å². The first-order chi connectivity index (χ1) is 12.1. The van der Waals surface area contributed by atoms with E-state index in [9.17, 15) is 14.1 Å². The second kappa shape index (κ2) is 7.45. The summed E-state index contributed by atoms with van der Waals surface area (Å²) in [5.41, 5.74) is 1.97. The third-order valence-corrected chi connectivity index (χ3v) is 5.93. The Bertz CT molecular complexity index is 781. The van der Waals surface area contributed by atoms with E-state index in [2.05, 4.69) is 0 Å². The average Bonchev–Trinajstić information content (AvgIpc) is 3.10. The number of ketones is 1. The summed E-state index contributed by atoms with van der Waals surface area (Å²) in [6.07, 6.45) is 1.57. The summed E-state index contributed by atoms with van der Waals surface area (Å²) in [5, 5.41) is 0. The van der Waals surface area contributed by atoms with Crippen LogP contribution in [0.2, 0.25) is 0 Å². The van der Waals surface area contributed by atoms with Crippen molar-refractivity contribution in [3.05, 3.63) is 53.3 Å². The zero-order valence-corrected chi connectivity index (χ0v) is 15.2. The number of methoxy groups -OCH3 is 1. The van der Waals surface area contributed by atoms with Gasteiger partial charge in [0.1, 0.15) is 5.75 Å². The molecule has 0 amide bonds. The summed E-state index contributed by atoms with van der Waals surface area (Å²) in [6, 6.07) is 10.5. The minimum absolute atomic E-state index is 0.0920. The number of nitrogens with zero attached hydrogens (tertiary/aromatic N) is 1. The molecule has 2 heterocycles. The minimum atomic E-state index is -1.03. The summed E-state index contributed by atoms with van der Waals surface area (Å²) in [7, 11) is 1.39. The fourth-order valence-corrected chi connectivity index (χ4v) is 4.06. The lowest BCUT2D eigenvalue weighted by atomic mass is 9.96. The van der Waals surface area contributed by atoms with E-state index in [1.54, 1.807) is 30.3 Å². The van der Waals surface area contributed by atoms with Crippen molar-refractivity contribution in [2.24, 2.45) is 0 Å². The number of fused-ring (bicyclic) bond motifs is 1. The van der Waals surface area contributed by atoms with Gasteiger partial charge in [-0.25, -0.2) is 0 Å². The van der Waals surface area contributed by atoms with E-state index < -0.39 is 11.2 Å². The summed E-state index contributed by atoms with van der Waals surface area (Å²) >= 11 is -1.03. The molecule has 0 N–H and O–H groups in total. The smallest absolute Gasteiger partial charge is 0.314 e. The molecule has 2 aromatic rings. The number of aromatic nitrogens is 1. The van der Waals surface area contributed by atoms with Crippen LogP contribution in [0.25, 0.3) is 0 Å². The Hall–Kier alpha value is -2.05. The van der Waals surface area contributed by atoms with Gasteiger partial charge in [0.25, 0.3) is 0 Å². The van der Waals surface area contributed by atoms with Crippen LogP contribution in [0.4, 0.5) is 0 Å². The van der Waals surface area contributed by atoms with Crippen LogP contribution in [0.3, 0.4) is 0 Å². The van der Waals surface area contributed by atoms with Gasteiger partial charge in [-0.15, -0.1) is 0 Å². The van der Waals surface area contributed by atoms with Crippen LogP contribution in [-0.2, 0) is 27.3 Å². The van der Waals surface area contributed by atoms with E-state index in [0.717, 1.165) is 30.0 Å². The fourth-order valence-electron chi connectivity index (χ4n) is 3.29. The Labute approximate surface area is 150 Å². The van der Waals surface area contributed by atoms with Crippen molar-refractivity contribution in [2.45, 2.75) is 37.1 Å². The number of carbonyl (C=O) groups is 2. The summed E-state index contributed by atoms with van der Waals surface area (Å²) < 4.78 is 18.6. The highest BCUT2D eigenvalue weighted by atomic mass is 32.2. The molecule has 25 heavy (non-hydrogen) atoms. The van der Waals surface area contributed by atoms with Crippen LogP contribution in [0.5, 0.6) is 0 Å². The first kappa shape index (κ1) is 17.8. The molecule has 1 aliphatic heterocycles. The van der Waals surface area contributed by atoms with E-state index in [1.165, 1.54) is 7.11 Å². The predicted octanol–water partition coefficient (Wildman–Crippen LogP) is 2.90. The Morgan fingerprint density at radius 1 is 1.24 bits per heavy atom. The van der Waals surface area contributed by atoms with Crippen molar-refractivity contribution in [3.8, 4) is 0 Å². The van der Waals surface area contributed by atoms with Crippen LogP contribution < -0.4 is 0 Å². The first-order valence-electron chi connectivity index (χ1n) is 8.37. The van der Waals surface area contributed by atoms with Crippen LogP contribution >= 0.6 is 0 Å². The lowest BCUT2D eigenvalue weighted by Crippen LogP contribution is -2.24. The third kappa shape index (κ3) is 3.37. The summed E-state index contributed by atoms with van der Waals surface area (Å²) in [5.74, 6) is -0.112. The van der Waals surface area contributed by atoms with Crippen molar-refractivity contribution in [2.75, 3.05) is 12.9 Å². The number of esters is 1. The SMILES string of the molecule is CC[S+]([O-])c1ccc(C(=O)c2ccc3n2CCCC3C(=O)OC)cc1. The third-order valence-electron chi connectivity index (χ3n) is 4.61. The fraction of sp³-hybridized carbons (Fsp3) is 0.368. The molecule has 0 saturated heterocycles. The van der Waals surface area contributed by atoms with Crippen molar-refractivity contribution in [1.82, 2.24) is 4.57 Å². The molecule has 5 nitrogen and oxygen atoms in total. The molecule has 6 heteroatoms. The molecule has 0 spiro atoms. The molecule has 2 unspecified atom stereocenters.